The normalized spacial score (nSPS) is 21.2. The summed E-state index contributed by atoms with van der Waals surface area (Å²) in [6, 6.07) is 16.2. The molecule has 28 heavy (non-hydrogen) atoms. The number of fused-ring (bicyclic) bond motifs is 3. The highest BCUT2D eigenvalue weighted by Crippen LogP contribution is 2.32. The van der Waals surface area contributed by atoms with E-state index < -0.39 is 0 Å². The zero-order valence-corrected chi connectivity index (χ0v) is 17.7. The third-order valence-electron chi connectivity index (χ3n) is 6.22. The minimum absolute atomic E-state index is 0.622. The minimum Gasteiger partial charge on any atom is -0.340 e. The summed E-state index contributed by atoms with van der Waals surface area (Å²) in [6.45, 7) is 9.14. The molecule has 3 aromatic rings. The number of hydrogen-bond acceptors (Lipinski definition) is 4. The van der Waals surface area contributed by atoms with Crippen LogP contribution in [0, 0.1) is 0 Å². The number of benzene rings is 2. The van der Waals surface area contributed by atoms with Crippen LogP contribution in [-0.2, 0) is 6.54 Å². The van der Waals surface area contributed by atoms with Crippen LogP contribution in [-0.4, -0.2) is 58.3 Å². The van der Waals surface area contributed by atoms with Gasteiger partial charge in [-0.2, -0.15) is 4.99 Å². The van der Waals surface area contributed by atoms with Crippen molar-refractivity contribution in [1.29, 1.82) is 0 Å². The number of piperazine rings is 1. The van der Waals surface area contributed by atoms with Crippen LogP contribution in [0.5, 0.6) is 0 Å². The summed E-state index contributed by atoms with van der Waals surface area (Å²) in [7, 11) is 2.24. The molecule has 0 saturated carbocycles. The van der Waals surface area contributed by atoms with E-state index in [1.54, 1.807) is 0 Å². The third kappa shape index (κ3) is 3.63. The quantitative estimate of drug-likeness (QED) is 0.454. The van der Waals surface area contributed by atoms with Crippen LogP contribution in [0.3, 0.4) is 0 Å². The Morgan fingerprint density at radius 1 is 1.00 bits per heavy atom. The standard InChI is InChI=1S/C23H28N4S/c1-17-14-26(15-18(2)25(17)3)11-6-12-27-22-8-5-4-7-20(22)21-13-19(24-16-28)9-10-23(21)27/h4-5,7-10,13,17-18H,6,11-12,14-15H2,1-3H3/t17-,18+. The Balaban J connectivity index is 1.57. The maximum Gasteiger partial charge on any atom is 0.0747 e. The van der Waals surface area contributed by atoms with Crippen LogP contribution in [0.25, 0.3) is 21.8 Å². The summed E-state index contributed by atoms with van der Waals surface area (Å²) in [4.78, 5) is 9.27. The Kier molecular flexibility index (Phi) is 5.61. The van der Waals surface area contributed by atoms with Gasteiger partial charge < -0.3 is 9.47 Å². The number of para-hydroxylation sites is 1. The van der Waals surface area contributed by atoms with Crippen molar-refractivity contribution in [2.75, 3.05) is 26.7 Å². The molecule has 2 heterocycles. The number of hydrogen-bond donors (Lipinski definition) is 0. The fraction of sp³-hybridized carbons (Fsp3) is 0.435. The average molecular weight is 393 g/mol. The molecule has 1 fully saturated rings. The molecular weight excluding hydrogens is 364 g/mol. The maximum atomic E-state index is 4.77. The van der Waals surface area contributed by atoms with Gasteiger partial charge in [0.2, 0.25) is 0 Å². The molecule has 0 amide bonds. The van der Waals surface area contributed by atoms with E-state index in [0.717, 1.165) is 38.3 Å². The molecule has 2 aromatic carbocycles. The lowest BCUT2D eigenvalue weighted by atomic mass is 10.1. The van der Waals surface area contributed by atoms with E-state index in [4.69, 9.17) is 12.2 Å². The molecule has 5 heteroatoms. The van der Waals surface area contributed by atoms with E-state index in [1.165, 1.54) is 21.8 Å². The molecule has 0 aliphatic carbocycles. The number of thiocarbonyl (C=S) groups is 1. The van der Waals surface area contributed by atoms with Gasteiger partial charge in [0.1, 0.15) is 0 Å². The van der Waals surface area contributed by atoms with Crippen molar-refractivity contribution in [1.82, 2.24) is 14.4 Å². The van der Waals surface area contributed by atoms with Crippen molar-refractivity contribution in [3.8, 4) is 0 Å². The van der Waals surface area contributed by atoms with Gasteiger partial charge in [0.15, 0.2) is 0 Å². The van der Waals surface area contributed by atoms with Gasteiger partial charge in [0.05, 0.1) is 10.8 Å². The van der Waals surface area contributed by atoms with Gasteiger partial charge in [-0.25, -0.2) is 0 Å². The molecule has 146 valence electrons. The Labute approximate surface area is 172 Å². The Morgan fingerprint density at radius 3 is 2.46 bits per heavy atom. The number of likely N-dealkylation sites (N-methyl/N-ethyl adjacent to an activating group) is 1. The Bertz CT molecular complexity index is 1020. The number of aliphatic imine (C=N–C) groups is 1. The predicted molar refractivity (Wildman–Crippen MR) is 122 cm³/mol. The molecule has 1 aliphatic rings. The van der Waals surface area contributed by atoms with Gasteiger partial charge in [-0.1, -0.05) is 18.2 Å². The molecule has 1 saturated heterocycles. The fourth-order valence-electron chi connectivity index (χ4n) is 4.55. The summed E-state index contributed by atoms with van der Waals surface area (Å²) in [5.74, 6) is 0. The van der Waals surface area contributed by atoms with Crippen molar-refractivity contribution in [2.24, 2.45) is 4.99 Å². The van der Waals surface area contributed by atoms with Crippen LogP contribution >= 0.6 is 12.2 Å². The van der Waals surface area contributed by atoms with Gasteiger partial charge in [-0.3, -0.25) is 4.90 Å². The minimum atomic E-state index is 0.622. The summed E-state index contributed by atoms with van der Waals surface area (Å²) in [5.41, 5.74) is 3.43. The van der Waals surface area contributed by atoms with Crippen LogP contribution < -0.4 is 0 Å². The lowest BCUT2D eigenvalue weighted by Crippen LogP contribution is -2.55. The van der Waals surface area contributed by atoms with Crippen LogP contribution in [0.2, 0.25) is 0 Å². The molecule has 0 radical (unpaired) electrons. The summed E-state index contributed by atoms with van der Waals surface area (Å²) in [5, 5.41) is 5.00. The molecule has 0 bridgehead atoms. The first-order valence-corrected chi connectivity index (χ1v) is 10.5. The molecule has 0 unspecified atom stereocenters. The van der Waals surface area contributed by atoms with Crippen LogP contribution in [0.1, 0.15) is 20.3 Å². The highest BCUT2D eigenvalue weighted by atomic mass is 32.1. The van der Waals surface area contributed by atoms with Gasteiger partial charge in [0, 0.05) is 53.5 Å². The second-order valence-corrected chi connectivity index (χ2v) is 8.23. The first-order valence-electron chi connectivity index (χ1n) is 10.1. The topological polar surface area (TPSA) is 23.8 Å². The van der Waals surface area contributed by atoms with Gasteiger partial charge in [0.25, 0.3) is 0 Å². The van der Waals surface area contributed by atoms with E-state index >= 15 is 0 Å². The summed E-state index contributed by atoms with van der Waals surface area (Å²) >= 11 is 4.77. The molecule has 0 N–H and O–H groups in total. The maximum absolute atomic E-state index is 4.77. The smallest absolute Gasteiger partial charge is 0.0747 e. The van der Waals surface area contributed by atoms with Crippen molar-refractivity contribution in [2.45, 2.75) is 38.9 Å². The second kappa shape index (κ2) is 8.14. The number of aryl methyl sites for hydroxylation is 1. The van der Waals surface area contributed by atoms with Crippen LogP contribution in [0.4, 0.5) is 5.69 Å². The van der Waals surface area contributed by atoms with E-state index in [1.807, 2.05) is 6.07 Å². The van der Waals surface area contributed by atoms with Crippen molar-refractivity contribution in [3.05, 3.63) is 42.5 Å². The lowest BCUT2D eigenvalue weighted by Gasteiger charge is -2.42. The van der Waals surface area contributed by atoms with Gasteiger partial charge >= 0.3 is 0 Å². The first kappa shape index (κ1) is 19.3. The van der Waals surface area contributed by atoms with Crippen LogP contribution in [0.15, 0.2) is 47.5 Å². The Hall–Kier alpha value is -2.04. The fourth-order valence-corrected chi connectivity index (χ4v) is 4.66. The predicted octanol–water partition coefficient (Wildman–Crippen LogP) is 4.94. The summed E-state index contributed by atoms with van der Waals surface area (Å²) in [6.07, 6.45) is 1.15. The third-order valence-corrected chi connectivity index (χ3v) is 6.31. The average Bonchev–Trinajstić information content (AvgIpc) is 3.00. The molecule has 2 atom stereocenters. The summed E-state index contributed by atoms with van der Waals surface area (Å²) < 4.78 is 2.46. The number of aromatic nitrogens is 1. The molecular formula is C23H28N4S. The highest BCUT2D eigenvalue weighted by molar-refractivity contribution is 7.78. The second-order valence-electron chi connectivity index (χ2n) is 8.05. The molecule has 4 rings (SSSR count). The number of isothiocyanates is 1. The van der Waals surface area contributed by atoms with E-state index in [2.05, 4.69) is 81.8 Å². The molecule has 1 aliphatic heterocycles. The van der Waals surface area contributed by atoms with Crippen molar-refractivity contribution >= 4 is 44.9 Å². The largest absolute Gasteiger partial charge is 0.340 e. The van der Waals surface area contributed by atoms with Crippen molar-refractivity contribution < 1.29 is 0 Å². The highest BCUT2D eigenvalue weighted by Gasteiger charge is 2.25. The molecule has 1 aromatic heterocycles. The first-order chi connectivity index (χ1) is 13.6. The van der Waals surface area contributed by atoms with E-state index in [9.17, 15) is 0 Å². The Morgan fingerprint density at radius 2 is 1.71 bits per heavy atom. The van der Waals surface area contributed by atoms with E-state index in [0.29, 0.717) is 12.1 Å². The zero-order valence-electron chi connectivity index (χ0n) is 16.9. The van der Waals surface area contributed by atoms with E-state index in [-0.39, 0.29) is 0 Å². The van der Waals surface area contributed by atoms with Gasteiger partial charge in [-0.15, -0.1) is 0 Å². The molecule has 0 spiro atoms. The number of rotatable bonds is 5. The SMILES string of the molecule is C[C@@H]1CN(CCCn2c3ccccc3c3cc(N=C=S)ccc32)C[C@H](C)N1C. The monoisotopic (exact) mass is 392 g/mol. The zero-order chi connectivity index (χ0) is 19.7. The number of nitrogens with zero attached hydrogens (tertiary/aromatic N) is 4. The van der Waals surface area contributed by atoms with Crippen molar-refractivity contribution in [3.63, 3.8) is 0 Å². The van der Waals surface area contributed by atoms with Gasteiger partial charge in [-0.05, 0) is 70.3 Å². The molecule has 4 nitrogen and oxygen atoms in total. The lowest BCUT2D eigenvalue weighted by molar-refractivity contribution is 0.0589.